The van der Waals surface area contributed by atoms with Crippen molar-refractivity contribution in [1.29, 1.82) is 5.41 Å². The summed E-state index contributed by atoms with van der Waals surface area (Å²) in [6.07, 6.45) is 5.48. The van der Waals surface area contributed by atoms with E-state index in [2.05, 4.69) is 36.8 Å². The molecule has 0 radical (unpaired) electrons. The maximum absolute atomic E-state index is 8.40. The zero-order valence-electron chi connectivity index (χ0n) is 12.7. The predicted molar refractivity (Wildman–Crippen MR) is 89.5 cm³/mol. The van der Waals surface area contributed by atoms with Gasteiger partial charge in [-0.1, -0.05) is 0 Å². The number of morpholine rings is 1. The van der Waals surface area contributed by atoms with Crippen molar-refractivity contribution in [3.63, 3.8) is 0 Å². The Morgan fingerprint density at radius 2 is 2.35 bits per heavy atom. The molecule has 122 valence electrons. The average Bonchev–Trinajstić information content (AvgIpc) is 3.17. The van der Waals surface area contributed by atoms with Gasteiger partial charge in [0.05, 0.1) is 28.9 Å². The lowest BCUT2D eigenvalue weighted by molar-refractivity contribution is 0.0434. The molecule has 0 amide bonds. The Labute approximate surface area is 142 Å². The largest absolute Gasteiger partial charge is 0.369 e. The van der Waals surface area contributed by atoms with Crippen LogP contribution in [0.3, 0.4) is 0 Å². The van der Waals surface area contributed by atoms with E-state index in [0.717, 1.165) is 24.4 Å². The van der Waals surface area contributed by atoms with E-state index in [4.69, 9.17) is 10.1 Å². The number of halogens is 1. The standard InChI is InChI=1S/C14H18BrN7O/c1-21-7-8(4-18-21)9-5-19-22-13(16)11(15)12(20-14(9)22)10-6-17-2-3-23-10/h4-5,7,9-10,14,16-17,20H,2-3,6H2,1H3/t9?,10-,14?/m1/s1. The van der Waals surface area contributed by atoms with Gasteiger partial charge in [0.2, 0.25) is 0 Å². The van der Waals surface area contributed by atoms with Crippen molar-refractivity contribution < 1.29 is 4.74 Å². The predicted octanol–water partition coefficient (Wildman–Crippen LogP) is 0.307. The summed E-state index contributed by atoms with van der Waals surface area (Å²) in [5.74, 6) is 0.386. The van der Waals surface area contributed by atoms with E-state index in [1.807, 2.05) is 25.7 Å². The van der Waals surface area contributed by atoms with E-state index in [9.17, 15) is 0 Å². The molecule has 2 unspecified atom stereocenters. The van der Waals surface area contributed by atoms with Crippen molar-refractivity contribution in [3.8, 4) is 0 Å². The van der Waals surface area contributed by atoms with E-state index >= 15 is 0 Å². The normalized spacial score (nSPS) is 30.6. The van der Waals surface area contributed by atoms with Crippen LogP contribution in [0.2, 0.25) is 0 Å². The van der Waals surface area contributed by atoms with Gasteiger partial charge in [-0.05, 0) is 15.9 Å². The van der Waals surface area contributed by atoms with Crippen LogP contribution in [0.1, 0.15) is 11.5 Å². The van der Waals surface area contributed by atoms with Gasteiger partial charge < -0.3 is 15.4 Å². The molecule has 3 N–H and O–H groups in total. The molecule has 1 aromatic heterocycles. The van der Waals surface area contributed by atoms with Gasteiger partial charge in [-0.15, -0.1) is 0 Å². The van der Waals surface area contributed by atoms with Gasteiger partial charge in [0.25, 0.3) is 0 Å². The maximum atomic E-state index is 8.40. The molecular weight excluding hydrogens is 362 g/mol. The molecule has 1 aromatic rings. The first-order valence-corrected chi connectivity index (χ1v) is 8.34. The summed E-state index contributed by atoms with van der Waals surface area (Å²) >= 11 is 3.53. The van der Waals surface area contributed by atoms with Crippen LogP contribution in [0, 0.1) is 5.41 Å². The van der Waals surface area contributed by atoms with E-state index in [0.29, 0.717) is 16.9 Å². The van der Waals surface area contributed by atoms with Crippen molar-refractivity contribution in [3.05, 3.63) is 28.1 Å². The summed E-state index contributed by atoms with van der Waals surface area (Å²) in [5.41, 5.74) is 1.98. The number of aromatic nitrogens is 2. The molecule has 0 saturated carbocycles. The van der Waals surface area contributed by atoms with E-state index in [-0.39, 0.29) is 18.2 Å². The Bertz CT molecular complexity index is 691. The number of amidine groups is 1. The van der Waals surface area contributed by atoms with Crippen LogP contribution in [0.15, 0.2) is 27.7 Å². The Hall–Kier alpha value is -1.71. The molecule has 0 spiro atoms. The Morgan fingerprint density at radius 1 is 1.48 bits per heavy atom. The lowest BCUT2D eigenvalue weighted by Crippen LogP contribution is -2.54. The summed E-state index contributed by atoms with van der Waals surface area (Å²) in [7, 11) is 1.90. The summed E-state index contributed by atoms with van der Waals surface area (Å²) in [4.78, 5) is 0. The first-order valence-electron chi connectivity index (χ1n) is 7.54. The van der Waals surface area contributed by atoms with Gasteiger partial charge in [0, 0.05) is 38.1 Å². The number of hydrogen-bond acceptors (Lipinski definition) is 6. The molecular formula is C14H18BrN7O. The molecule has 0 aliphatic carbocycles. The van der Waals surface area contributed by atoms with Gasteiger partial charge in [-0.3, -0.25) is 10.1 Å². The van der Waals surface area contributed by atoms with Gasteiger partial charge in [-0.2, -0.15) is 10.2 Å². The Kier molecular flexibility index (Phi) is 3.70. The van der Waals surface area contributed by atoms with Gasteiger partial charge in [-0.25, -0.2) is 5.01 Å². The third-order valence-electron chi connectivity index (χ3n) is 4.29. The van der Waals surface area contributed by atoms with E-state index < -0.39 is 0 Å². The van der Waals surface area contributed by atoms with Crippen molar-refractivity contribution in [2.75, 3.05) is 19.7 Å². The van der Waals surface area contributed by atoms with Gasteiger partial charge >= 0.3 is 0 Å². The second-order valence-corrected chi connectivity index (χ2v) is 6.60. The summed E-state index contributed by atoms with van der Waals surface area (Å²) in [6, 6.07) is 0. The number of fused-ring (bicyclic) bond motifs is 1. The number of hydrazone groups is 1. The molecule has 23 heavy (non-hydrogen) atoms. The van der Waals surface area contributed by atoms with Crippen LogP contribution in [-0.2, 0) is 11.8 Å². The minimum absolute atomic E-state index is 0.0381. The molecule has 1 fully saturated rings. The SMILES string of the molecule is Cn1cc(C2C=NN3C(=N)C(Br)=C([C@H]4CNCCO4)NC23)cn1. The zero-order valence-corrected chi connectivity index (χ0v) is 14.2. The van der Waals surface area contributed by atoms with E-state index in [1.54, 1.807) is 9.69 Å². The zero-order chi connectivity index (χ0) is 16.0. The molecule has 9 heteroatoms. The first kappa shape index (κ1) is 14.9. The molecule has 4 heterocycles. The topological polar surface area (TPSA) is 90.6 Å². The van der Waals surface area contributed by atoms with Crippen LogP contribution in [0.4, 0.5) is 0 Å². The fourth-order valence-corrected chi connectivity index (χ4v) is 3.66. The molecule has 0 bridgehead atoms. The van der Waals surface area contributed by atoms with Gasteiger partial charge in [0.1, 0.15) is 12.3 Å². The lowest BCUT2D eigenvalue weighted by Gasteiger charge is -2.38. The lowest BCUT2D eigenvalue weighted by atomic mass is 9.99. The van der Waals surface area contributed by atoms with Crippen LogP contribution < -0.4 is 10.6 Å². The molecule has 3 aliphatic rings. The summed E-state index contributed by atoms with van der Waals surface area (Å²) in [5, 5.41) is 25.6. The van der Waals surface area contributed by atoms with Crippen LogP contribution in [0.5, 0.6) is 0 Å². The third-order valence-corrected chi connectivity index (χ3v) is 5.09. The molecule has 0 aromatic carbocycles. The summed E-state index contributed by atoms with van der Waals surface area (Å²) < 4.78 is 8.32. The fourth-order valence-electron chi connectivity index (χ4n) is 3.11. The van der Waals surface area contributed by atoms with Crippen molar-refractivity contribution in [2.24, 2.45) is 12.1 Å². The first-order chi connectivity index (χ1) is 11.1. The highest BCUT2D eigenvalue weighted by Crippen LogP contribution is 2.34. The minimum Gasteiger partial charge on any atom is -0.369 e. The maximum Gasteiger partial charge on any atom is 0.159 e. The summed E-state index contributed by atoms with van der Waals surface area (Å²) in [6.45, 7) is 2.26. The van der Waals surface area contributed by atoms with Crippen molar-refractivity contribution >= 4 is 28.0 Å². The average molecular weight is 380 g/mol. The molecule has 4 rings (SSSR count). The number of hydrogen-bond donors (Lipinski definition) is 3. The highest BCUT2D eigenvalue weighted by atomic mass is 79.9. The second kappa shape index (κ2) is 5.73. The van der Waals surface area contributed by atoms with Crippen LogP contribution in [-0.4, -0.2) is 58.8 Å². The molecule has 3 atom stereocenters. The Balaban J connectivity index is 1.63. The second-order valence-electron chi connectivity index (χ2n) is 5.81. The number of nitrogens with zero attached hydrogens (tertiary/aromatic N) is 4. The molecule has 3 aliphatic heterocycles. The molecule has 8 nitrogen and oxygen atoms in total. The number of ether oxygens (including phenoxy) is 1. The van der Waals surface area contributed by atoms with Gasteiger partial charge in [0.15, 0.2) is 5.84 Å². The third kappa shape index (κ3) is 2.48. The number of rotatable bonds is 2. The van der Waals surface area contributed by atoms with E-state index in [1.165, 1.54) is 0 Å². The highest BCUT2D eigenvalue weighted by molar-refractivity contribution is 9.12. The quantitative estimate of drug-likeness (QED) is 0.687. The van der Waals surface area contributed by atoms with Crippen molar-refractivity contribution in [1.82, 2.24) is 25.4 Å². The number of nitrogens with one attached hydrogen (secondary N) is 3. The highest BCUT2D eigenvalue weighted by Gasteiger charge is 2.42. The molecule has 1 saturated heterocycles. The van der Waals surface area contributed by atoms with Crippen LogP contribution in [0.25, 0.3) is 0 Å². The monoisotopic (exact) mass is 379 g/mol. The fraction of sp³-hybridized carbons (Fsp3) is 0.500. The smallest absolute Gasteiger partial charge is 0.159 e. The minimum atomic E-state index is -0.131. The Morgan fingerprint density at radius 3 is 3.04 bits per heavy atom. The van der Waals surface area contributed by atoms with Crippen LogP contribution >= 0.6 is 15.9 Å². The van der Waals surface area contributed by atoms with Crippen molar-refractivity contribution in [2.45, 2.75) is 18.2 Å². The number of aryl methyl sites for hydroxylation is 1.